The zero-order chi connectivity index (χ0) is 21.0. The molecule has 0 aromatic heterocycles. The molecule has 3 nitrogen and oxygen atoms in total. The molecule has 156 valence electrons. The highest BCUT2D eigenvalue weighted by atomic mass is 35.6. The number of fused-ring (bicyclic) bond motifs is 5. The Labute approximate surface area is 186 Å². The molecule has 0 amide bonds. The second-order valence-corrected chi connectivity index (χ2v) is 11.2. The van der Waals surface area contributed by atoms with E-state index in [1.807, 2.05) is 6.07 Å². The van der Waals surface area contributed by atoms with Crippen molar-refractivity contribution in [3.05, 3.63) is 41.5 Å². The molecule has 0 radical (unpaired) electrons. The van der Waals surface area contributed by atoms with E-state index in [2.05, 4.69) is 19.6 Å². The first kappa shape index (κ1) is 21.2. The number of benzene rings is 1. The van der Waals surface area contributed by atoms with Crippen molar-refractivity contribution in [2.75, 3.05) is 0 Å². The predicted octanol–water partition coefficient (Wildman–Crippen LogP) is 6.12. The Morgan fingerprint density at radius 2 is 2.03 bits per heavy atom. The van der Waals surface area contributed by atoms with E-state index in [9.17, 15) is 9.59 Å². The Morgan fingerprint density at radius 1 is 1.28 bits per heavy atom. The zero-order valence-electron chi connectivity index (χ0n) is 16.5. The van der Waals surface area contributed by atoms with Gasteiger partial charge in [0.2, 0.25) is 0 Å². The molecule has 3 aliphatic rings. The van der Waals surface area contributed by atoms with Crippen LogP contribution in [0.2, 0.25) is 0 Å². The van der Waals surface area contributed by atoms with Crippen molar-refractivity contribution in [1.29, 1.82) is 0 Å². The van der Waals surface area contributed by atoms with Crippen LogP contribution in [0.3, 0.4) is 0 Å². The number of alkyl halides is 3. The molecule has 6 heteroatoms. The van der Waals surface area contributed by atoms with Crippen molar-refractivity contribution < 1.29 is 14.3 Å². The average molecular weight is 456 g/mol. The molecule has 1 aromatic carbocycles. The Balaban J connectivity index is 1.68. The SMILES string of the molecule is C=CCc1cc2c(cc1OC(=O)C(Cl)(Cl)Cl)CC[C@@H]1[C@@H]2CC[C@]2(C)C(=O)CC[C@@H]12. The van der Waals surface area contributed by atoms with Gasteiger partial charge in [0, 0.05) is 11.8 Å². The van der Waals surface area contributed by atoms with Crippen LogP contribution in [0, 0.1) is 17.3 Å². The summed E-state index contributed by atoms with van der Waals surface area (Å²) in [5.41, 5.74) is 3.26. The van der Waals surface area contributed by atoms with Crippen LogP contribution in [0.1, 0.15) is 61.6 Å². The first-order valence-electron chi connectivity index (χ1n) is 10.2. The van der Waals surface area contributed by atoms with Crippen LogP contribution in [-0.4, -0.2) is 15.5 Å². The van der Waals surface area contributed by atoms with Gasteiger partial charge in [-0.1, -0.05) is 53.9 Å². The lowest BCUT2D eigenvalue weighted by Crippen LogP contribution is -2.42. The number of rotatable bonds is 3. The number of aryl methyl sites for hydroxylation is 1. The fourth-order valence-corrected chi connectivity index (χ4v) is 6.10. The molecule has 29 heavy (non-hydrogen) atoms. The minimum Gasteiger partial charge on any atom is -0.423 e. The fraction of sp³-hybridized carbons (Fsp3) is 0.565. The molecular weight excluding hydrogens is 431 g/mol. The first-order valence-corrected chi connectivity index (χ1v) is 11.4. The maximum absolute atomic E-state index is 12.5. The van der Waals surface area contributed by atoms with Crippen LogP contribution in [-0.2, 0) is 22.4 Å². The minimum absolute atomic E-state index is 0.136. The summed E-state index contributed by atoms with van der Waals surface area (Å²) >= 11 is 17.0. The van der Waals surface area contributed by atoms with Crippen LogP contribution < -0.4 is 4.74 Å². The van der Waals surface area contributed by atoms with Gasteiger partial charge in [0.25, 0.3) is 3.79 Å². The number of carbonyl (C=O) groups excluding carboxylic acids is 2. The number of esters is 1. The molecule has 0 aliphatic heterocycles. The quantitative estimate of drug-likeness (QED) is 0.239. The summed E-state index contributed by atoms with van der Waals surface area (Å²) in [5.74, 6) is 1.46. The molecule has 0 N–H and O–H groups in total. The zero-order valence-corrected chi connectivity index (χ0v) is 18.7. The Morgan fingerprint density at radius 3 is 2.72 bits per heavy atom. The van der Waals surface area contributed by atoms with Gasteiger partial charge in [-0.25, -0.2) is 4.79 Å². The van der Waals surface area contributed by atoms with Crippen molar-refractivity contribution in [3.63, 3.8) is 0 Å². The molecule has 2 fully saturated rings. The van der Waals surface area contributed by atoms with Crippen molar-refractivity contribution in [3.8, 4) is 5.75 Å². The summed E-state index contributed by atoms with van der Waals surface area (Å²) in [6, 6.07) is 4.08. The lowest BCUT2D eigenvalue weighted by molar-refractivity contribution is -0.133. The molecular formula is C23H25Cl3O3. The maximum atomic E-state index is 12.5. The molecule has 2 saturated carbocycles. The molecule has 0 heterocycles. The molecule has 0 saturated heterocycles. The third-order valence-electron chi connectivity index (χ3n) is 7.41. The second kappa shape index (κ2) is 7.59. The highest BCUT2D eigenvalue weighted by molar-refractivity contribution is 6.75. The van der Waals surface area contributed by atoms with E-state index in [0.29, 0.717) is 35.7 Å². The van der Waals surface area contributed by atoms with E-state index < -0.39 is 9.76 Å². The van der Waals surface area contributed by atoms with Gasteiger partial charge in [0.15, 0.2) is 0 Å². The normalized spacial score (nSPS) is 30.9. The van der Waals surface area contributed by atoms with E-state index in [1.165, 1.54) is 11.1 Å². The highest BCUT2D eigenvalue weighted by Crippen LogP contribution is 2.59. The minimum atomic E-state index is -2.12. The van der Waals surface area contributed by atoms with Crippen LogP contribution in [0.4, 0.5) is 0 Å². The molecule has 0 spiro atoms. The van der Waals surface area contributed by atoms with E-state index in [0.717, 1.165) is 44.1 Å². The van der Waals surface area contributed by atoms with Crippen molar-refractivity contribution in [2.24, 2.45) is 17.3 Å². The first-order chi connectivity index (χ1) is 13.6. The summed E-state index contributed by atoms with van der Waals surface area (Å²) in [4.78, 5) is 24.6. The fourth-order valence-electron chi connectivity index (χ4n) is 5.98. The van der Waals surface area contributed by atoms with Gasteiger partial charge in [0.05, 0.1) is 0 Å². The standard InChI is InChI=1S/C23H25Cl3O3/c1-3-4-14-11-17-13(12-19(14)29-21(28)23(24,25)26)5-6-16-15(17)9-10-22(2)18(16)7-8-20(22)27/h3,11-12,15-16,18H,1,4-10H2,2H3/t15-,16+,18-,22-/m0/s1. The highest BCUT2D eigenvalue weighted by Gasteiger charge is 2.54. The maximum Gasteiger partial charge on any atom is 0.363 e. The third-order valence-corrected chi connectivity index (χ3v) is 7.88. The average Bonchev–Trinajstić information content (AvgIpc) is 2.96. The number of carbonyl (C=O) groups is 2. The Bertz CT molecular complexity index is 873. The van der Waals surface area contributed by atoms with Crippen LogP contribution in [0.5, 0.6) is 5.75 Å². The second-order valence-electron chi connectivity index (χ2n) is 8.87. The summed E-state index contributed by atoms with van der Waals surface area (Å²) in [6.07, 6.45) is 8.03. The number of Topliss-reactive ketones (excluding diaryl/α,β-unsaturated/α-hetero) is 1. The third kappa shape index (κ3) is 3.64. The van der Waals surface area contributed by atoms with Gasteiger partial charge in [-0.15, -0.1) is 6.58 Å². The van der Waals surface area contributed by atoms with Gasteiger partial charge in [0.1, 0.15) is 11.5 Å². The summed E-state index contributed by atoms with van der Waals surface area (Å²) in [5, 5.41) is 0. The summed E-state index contributed by atoms with van der Waals surface area (Å²) in [6.45, 7) is 6.01. The van der Waals surface area contributed by atoms with Crippen molar-refractivity contribution >= 4 is 46.6 Å². The van der Waals surface area contributed by atoms with Crippen LogP contribution in [0.15, 0.2) is 24.8 Å². The molecule has 4 atom stereocenters. The molecule has 0 bridgehead atoms. The van der Waals surface area contributed by atoms with E-state index in [4.69, 9.17) is 39.5 Å². The summed E-state index contributed by atoms with van der Waals surface area (Å²) < 4.78 is 3.32. The monoisotopic (exact) mass is 454 g/mol. The number of hydrogen-bond donors (Lipinski definition) is 0. The molecule has 4 rings (SSSR count). The molecule has 1 aromatic rings. The van der Waals surface area contributed by atoms with Crippen molar-refractivity contribution in [1.82, 2.24) is 0 Å². The Hall–Kier alpha value is -1.03. The Kier molecular flexibility index (Phi) is 5.55. The smallest absolute Gasteiger partial charge is 0.363 e. The van der Waals surface area contributed by atoms with Gasteiger partial charge < -0.3 is 4.74 Å². The van der Waals surface area contributed by atoms with Crippen LogP contribution >= 0.6 is 34.8 Å². The largest absolute Gasteiger partial charge is 0.423 e. The number of hydrogen-bond acceptors (Lipinski definition) is 3. The number of allylic oxidation sites excluding steroid dienone is 1. The van der Waals surface area contributed by atoms with E-state index in [1.54, 1.807) is 6.08 Å². The van der Waals surface area contributed by atoms with Gasteiger partial charge in [-0.2, -0.15) is 0 Å². The predicted molar refractivity (Wildman–Crippen MR) is 116 cm³/mol. The summed E-state index contributed by atoms with van der Waals surface area (Å²) in [7, 11) is 0. The molecule has 0 unspecified atom stereocenters. The van der Waals surface area contributed by atoms with Crippen molar-refractivity contribution in [2.45, 2.75) is 61.6 Å². The molecule has 3 aliphatic carbocycles. The van der Waals surface area contributed by atoms with E-state index in [-0.39, 0.29) is 5.41 Å². The number of ketones is 1. The number of ether oxygens (including phenoxy) is 1. The van der Waals surface area contributed by atoms with Gasteiger partial charge in [-0.05, 0) is 79.0 Å². The lowest BCUT2D eigenvalue weighted by atomic mass is 9.55. The van der Waals surface area contributed by atoms with E-state index >= 15 is 0 Å². The lowest BCUT2D eigenvalue weighted by Gasteiger charge is -2.48. The topological polar surface area (TPSA) is 43.4 Å². The van der Waals surface area contributed by atoms with Gasteiger partial charge >= 0.3 is 5.97 Å². The van der Waals surface area contributed by atoms with Gasteiger partial charge in [-0.3, -0.25) is 4.79 Å². The number of halogens is 3. The van der Waals surface area contributed by atoms with Crippen LogP contribution in [0.25, 0.3) is 0 Å².